The summed E-state index contributed by atoms with van der Waals surface area (Å²) in [6.45, 7) is 3.30. The maximum atomic E-state index is 9.49. The van der Waals surface area contributed by atoms with Crippen molar-refractivity contribution < 1.29 is 9.47 Å². The number of nitriles is 3. The van der Waals surface area contributed by atoms with Crippen molar-refractivity contribution in [3.63, 3.8) is 0 Å². The smallest absolute Gasteiger partial charge is 0.216 e. The van der Waals surface area contributed by atoms with Crippen LogP contribution in [-0.2, 0) is 9.47 Å². The Kier molecular flexibility index (Phi) is 2.37. The van der Waals surface area contributed by atoms with Crippen molar-refractivity contribution >= 4 is 5.90 Å². The second-order valence-electron chi connectivity index (χ2n) is 4.66. The van der Waals surface area contributed by atoms with E-state index < -0.39 is 22.5 Å². The van der Waals surface area contributed by atoms with Gasteiger partial charge in [0, 0.05) is 6.42 Å². The Bertz CT molecular complexity index is 524. The lowest BCUT2D eigenvalue weighted by Gasteiger charge is -2.43. The molecule has 92 valence electrons. The molecule has 2 bridgehead atoms. The van der Waals surface area contributed by atoms with Gasteiger partial charge in [-0.25, -0.2) is 0 Å². The molecular formula is C12H12N4O2. The van der Waals surface area contributed by atoms with Crippen LogP contribution in [0.1, 0.15) is 20.3 Å². The molecule has 0 unspecified atom stereocenters. The van der Waals surface area contributed by atoms with Crippen LogP contribution in [0.25, 0.3) is 0 Å². The van der Waals surface area contributed by atoms with Crippen molar-refractivity contribution in [2.45, 2.75) is 26.1 Å². The second-order valence-corrected chi connectivity index (χ2v) is 4.66. The highest BCUT2D eigenvalue weighted by Crippen LogP contribution is 2.60. The predicted octanol–water partition coefficient (Wildman–Crippen LogP) is 1.31. The third-order valence-electron chi connectivity index (χ3n) is 4.20. The molecule has 0 spiro atoms. The molecule has 0 saturated carbocycles. The first-order chi connectivity index (χ1) is 8.48. The third kappa shape index (κ3) is 0.967. The van der Waals surface area contributed by atoms with Gasteiger partial charge in [0.05, 0.1) is 30.7 Å². The summed E-state index contributed by atoms with van der Waals surface area (Å²) in [6, 6.07) is 5.70. The van der Waals surface area contributed by atoms with E-state index in [0.717, 1.165) is 0 Å². The van der Waals surface area contributed by atoms with E-state index in [1.807, 2.05) is 25.1 Å². The lowest BCUT2D eigenvalue weighted by atomic mass is 9.57. The maximum Gasteiger partial charge on any atom is 0.216 e. The fraction of sp³-hybridized carbons (Fsp3) is 0.667. The van der Waals surface area contributed by atoms with E-state index in [-0.39, 0.29) is 12.5 Å². The highest BCUT2D eigenvalue weighted by molar-refractivity contribution is 5.88. The van der Waals surface area contributed by atoms with E-state index in [1.54, 1.807) is 6.92 Å². The van der Waals surface area contributed by atoms with Crippen LogP contribution in [0.15, 0.2) is 0 Å². The molecule has 2 heterocycles. The van der Waals surface area contributed by atoms with Gasteiger partial charge in [-0.05, 0) is 0 Å². The van der Waals surface area contributed by atoms with Crippen LogP contribution >= 0.6 is 0 Å². The lowest BCUT2D eigenvalue weighted by Crippen LogP contribution is -2.57. The maximum absolute atomic E-state index is 9.49. The minimum atomic E-state index is -1.69. The number of fused-ring (bicyclic) bond motifs is 2. The Morgan fingerprint density at radius 2 is 1.94 bits per heavy atom. The van der Waals surface area contributed by atoms with Crippen LogP contribution in [0.2, 0.25) is 0 Å². The van der Waals surface area contributed by atoms with Crippen LogP contribution in [0.4, 0.5) is 0 Å². The summed E-state index contributed by atoms with van der Waals surface area (Å²) in [5.74, 6) is -1.94. The zero-order valence-electron chi connectivity index (χ0n) is 10.1. The number of nitrogens with zero attached hydrogens (tertiary/aromatic N) is 3. The summed E-state index contributed by atoms with van der Waals surface area (Å²) >= 11 is 0. The molecule has 2 fully saturated rings. The van der Waals surface area contributed by atoms with Crippen molar-refractivity contribution in [1.29, 1.82) is 21.2 Å². The zero-order valence-corrected chi connectivity index (χ0v) is 10.1. The number of rotatable bonds is 1. The van der Waals surface area contributed by atoms with E-state index in [4.69, 9.17) is 14.9 Å². The van der Waals surface area contributed by atoms with Gasteiger partial charge >= 0.3 is 0 Å². The van der Waals surface area contributed by atoms with E-state index in [2.05, 4.69) is 0 Å². The van der Waals surface area contributed by atoms with E-state index in [9.17, 15) is 15.8 Å². The number of hydrogen-bond acceptors (Lipinski definition) is 6. The van der Waals surface area contributed by atoms with Crippen molar-refractivity contribution in [2.75, 3.05) is 6.61 Å². The largest absolute Gasteiger partial charge is 0.447 e. The Morgan fingerprint density at radius 3 is 2.39 bits per heavy atom. The van der Waals surface area contributed by atoms with Gasteiger partial charge in [-0.15, -0.1) is 0 Å². The van der Waals surface area contributed by atoms with Crippen molar-refractivity contribution in [2.24, 2.45) is 16.7 Å². The van der Waals surface area contributed by atoms with Gasteiger partial charge in [0.1, 0.15) is 0 Å². The van der Waals surface area contributed by atoms with Crippen molar-refractivity contribution in [3.8, 4) is 18.2 Å². The predicted molar refractivity (Wildman–Crippen MR) is 58.7 cm³/mol. The van der Waals surface area contributed by atoms with E-state index >= 15 is 0 Å². The molecule has 2 rings (SSSR count). The van der Waals surface area contributed by atoms with Crippen LogP contribution in [-0.4, -0.2) is 18.3 Å². The summed E-state index contributed by atoms with van der Waals surface area (Å²) in [4.78, 5) is 0. The van der Waals surface area contributed by atoms with Gasteiger partial charge in [0.15, 0.2) is 10.8 Å². The SMILES string of the molecule is CC[C@@]12OCC(C#N)(C#N)[C@@](C#N)(C(=N)O1)[C@@H]2C. The monoisotopic (exact) mass is 244 g/mol. The fourth-order valence-corrected chi connectivity index (χ4v) is 2.92. The summed E-state index contributed by atoms with van der Waals surface area (Å²) < 4.78 is 11.0. The van der Waals surface area contributed by atoms with Crippen LogP contribution in [0.3, 0.4) is 0 Å². The van der Waals surface area contributed by atoms with E-state index in [0.29, 0.717) is 6.42 Å². The molecule has 6 heteroatoms. The van der Waals surface area contributed by atoms with Gasteiger partial charge in [-0.1, -0.05) is 13.8 Å². The highest BCUT2D eigenvalue weighted by Gasteiger charge is 2.75. The molecule has 3 atom stereocenters. The quantitative estimate of drug-likeness (QED) is 0.746. The average molecular weight is 244 g/mol. The van der Waals surface area contributed by atoms with Crippen molar-refractivity contribution in [1.82, 2.24) is 0 Å². The number of hydrogen-bond donors (Lipinski definition) is 1. The minimum Gasteiger partial charge on any atom is -0.447 e. The molecule has 0 aliphatic carbocycles. The molecule has 6 nitrogen and oxygen atoms in total. The minimum absolute atomic E-state index is 0.214. The standard InChI is InChI=1S/C12H12N4O2/c1-3-12-8(2)11(6-15,9(16)18-12)10(4-13,5-14)7-17-12/h8,16H,3,7H2,1-2H3/t8-,11+,12+/m0/s1. The summed E-state index contributed by atoms with van der Waals surface area (Å²) in [5.41, 5.74) is -3.24. The van der Waals surface area contributed by atoms with Crippen LogP contribution in [0.5, 0.6) is 0 Å². The molecule has 0 aromatic rings. The highest BCUT2D eigenvalue weighted by atomic mass is 16.7. The molecule has 0 amide bonds. The molecule has 0 aromatic heterocycles. The molecule has 0 radical (unpaired) electrons. The zero-order chi connectivity index (χ0) is 13.6. The van der Waals surface area contributed by atoms with Gasteiger partial charge in [0.25, 0.3) is 0 Å². The molecule has 1 N–H and O–H groups in total. The van der Waals surface area contributed by atoms with E-state index in [1.165, 1.54) is 0 Å². The number of nitrogens with one attached hydrogen (secondary N) is 1. The third-order valence-corrected chi connectivity index (χ3v) is 4.20. The molecule has 2 saturated heterocycles. The molecule has 18 heavy (non-hydrogen) atoms. The first kappa shape index (κ1) is 12.4. The van der Waals surface area contributed by atoms with Gasteiger partial charge < -0.3 is 9.47 Å². The molecule has 2 aliphatic rings. The normalized spacial score (nSPS) is 40.2. The Hall–Kier alpha value is -2.10. The van der Waals surface area contributed by atoms with Crippen LogP contribution in [0, 0.1) is 56.2 Å². The fourth-order valence-electron chi connectivity index (χ4n) is 2.92. The topological polar surface area (TPSA) is 114 Å². The summed E-state index contributed by atoms with van der Waals surface area (Å²) in [5, 5.41) is 36.0. The first-order valence-corrected chi connectivity index (χ1v) is 5.64. The van der Waals surface area contributed by atoms with Crippen LogP contribution < -0.4 is 0 Å². The lowest BCUT2D eigenvalue weighted by molar-refractivity contribution is -0.244. The Morgan fingerprint density at radius 1 is 1.33 bits per heavy atom. The van der Waals surface area contributed by atoms with Gasteiger partial charge in [0.2, 0.25) is 11.7 Å². The number of ether oxygens (including phenoxy) is 2. The van der Waals surface area contributed by atoms with Gasteiger partial charge in [-0.2, -0.15) is 15.8 Å². The summed E-state index contributed by atoms with van der Waals surface area (Å²) in [6.07, 6.45) is 0.451. The Labute approximate surface area is 105 Å². The molecule has 0 aromatic carbocycles. The molecular weight excluding hydrogens is 232 g/mol. The average Bonchev–Trinajstić information content (AvgIpc) is 2.55. The second kappa shape index (κ2) is 3.45. The Balaban J connectivity index is 2.72. The van der Waals surface area contributed by atoms with Crippen molar-refractivity contribution in [3.05, 3.63) is 0 Å². The van der Waals surface area contributed by atoms with Gasteiger partial charge in [-0.3, -0.25) is 5.41 Å². The molecule has 2 aliphatic heterocycles. The first-order valence-electron chi connectivity index (χ1n) is 5.64. The summed E-state index contributed by atoms with van der Waals surface area (Å²) in [7, 11) is 0.